The van der Waals surface area contributed by atoms with E-state index in [0.29, 0.717) is 12.1 Å². The first-order valence-corrected chi connectivity index (χ1v) is 11.6. The summed E-state index contributed by atoms with van der Waals surface area (Å²) in [7, 11) is 0. The summed E-state index contributed by atoms with van der Waals surface area (Å²) in [6.07, 6.45) is 1.68. The first-order valence-electron chi connectivity index (χ1n) is 11.6. The Morgan fingerprint density at radius 1 is 0.973 bits per heavy atom. The number of aliphatic hydroxyl groups excluding tert-OH is 1. The fourth-order valence-corrected chi connectivity index (χ4v) is 4.24. The van der Waals surface area contributed by atoms with Crippen LogP contribution in [0.5, 0.6) is 0 Å². The van der Waals surface area contributed by atoms with Crippen LogP contribution >= 0.6 is 0 Å². The summed E-state index contributed by atoms with van der Waals surface area (Å²) < 4.78 is 13.4. The van der Waals surface area contributed by atoms with Crippen LogP contribution < -0.4 is 10.8 Å². The lowest BCUT2D eigenvalue weighted by Crippen LogP contribution is -2.37. The number of carbonyl (C=O) groups is 2. The molecule has 5 N–H and O–H groups in total. The maximum atomic E-state index is 13.4. The number of aromatic nitrogens is 3. The molecule has 9 nitrogen and oxygen atoms in total. The maximum absolute atomic E-state index is 13.4. The largest absolute Gasteiger partial charge is 0.392 e. The molecule has 0 saturated heterocycles. The van der Waals surface area contributed by atoms with E-state index in [-0.39, 0.29) is 18.6 Å². The topological polar surface area (TPSA) is 140 Å². The maximum Gasteiger partial charge on any atom is 0.251 e. The molecular weight excluding hydrogens is 477 g/mol. The highest BCUT2D eigenvalue weighted by Gasteiger charge is 2.30. The van der Waals surface area contributed by atoms with Crippen molar-refractivity contribution in [3.05, 3.63) is 107 Å². The summed E-state index contributed by atoms with van der Waals surface area (Å²) >= 11 is 0. The van der Waals surface area contributed by atoms with E-state index >= 15 is 0 Å². The number of carbonyl (C=O) groups excluding carboxylic acids is 2. The van der Waals surface area contributed by atoms with Crippen LogP contribution in [0.15, 0.2) is 79.0 Å². The average molecular weight is 504 g/mol. The number of aliphatic hydroxyl groups is 1. The number of hydrogen-bond donors (Lipinski definition) is 5. The molecule has 190 valence electrons. The predicted octanol–water partition coefficient (Wildman–Crippen LogP) is 3.33. The molecule has 1 aromatic heterocycles. The molecular formula is C27H26FN5O4. The molecule has 2 atom stereocenters. The van der Waals surface area contributed by atoms with Crippen LogP contribution in [0.25, 0.3) is 11.1 Å². The molecule has 0 radical (unpaired) electrons. The molecule has 0 aliphatic carbocycles. The van der Waals surface area contributed by atoms with Gasteiger partial charge in [0.15, 0.2) is 0 Å². The van der Waals surface area contributed by atoms with Crippen LogP contribution in [0.3, 0.4) is 0 Å². The van der Waals surface area contributed by atoms with Crippen LogP contribution in [-0.4, -0.2) is 37.5 Å². The quantitative estimate of drug-likeness (QED) is 0.166. The lowest BCUT2D eigenvalue weighted by molar-refractivity contribution is -0.130. The molecule has 0 aliphatic heterocycles. The van der Waals surface area contributed by atoms with Crippen LogP contribution in [-0.2, 0) is 17.8 Å². The molecule has 3 aromatic carbocycles. The number of aromatic amines is 1. The number of nitrogens with one attached hydrogen (secondary N) is 3. The van der Waals surface area contributed by atoms with E-state index in [0.717, 1.165) is 22.3 Å². The van der Waals surface area contributed by atoms with Crippen molar-refractivity contribution >= 4 is 11.8 Å². The lowest BCUT2D eigenvalue weighted by atomic mass is 9.86. The molecule has 37 heavy (non-hydrogen) atoms. The van der Waals surface area contributed by atoms with Crippen LogP contribution in [0, 0.1) is 11.7 Å². The number of halogens is 1. The predicted molar refractivity (Wildman–Crippen MR) is 133 cm³/mol. The monoisotopic (exact) mass is 503 g/mol. The van der Waals surface area contributed by atoms with E-state index < -0.39 is 29.6 Å². The second-order valence-electron chi connectivity index (χ2n) is 8.62. The summed E-state index contributed by atoms with van der Waals surface area (Å²) in [6, 6.07) is 19.6. The van der Waals surface area contributed by atoms with Crippen molar-refractivity contribution in [3.8, 4) is 11.1 Å². The Balaban J connectivity index is 1.65. The molecule has 0 spiro atoms. The summed E-state index contributed by atoms with van der Waals surface area (Å²) in [4.78, 5) is 25.3. The summed E-state index contributed by atoms with van der Waals surface area (Å²) in [5.74, 6) is -2.09. The highest BCUT2D eigenvalue weighted by atomic mass is 19.1. The third-order valence-corrected chi connectivity index (χ3v) is 6.06. The lowest BCUT2D eigenvalue weighted by Gasteiger charge is -2.26. The molecule has 1 heterocycles. The highest BCUT2D eigenvalue weighted by Crippen LogP contribution is 2.29. The van der Waals surface area contributed by atoms with Gasteiger partial charge >= 0.3 is 0 Å². The van der Waals surface area contributed by atoms with E-state index in [2.05, 4.69) is 20.7 Å². The van der Waals surface area contributed by atoms with Gasteiger partial charge in [-0.05, 0) is 64.9 Å². The van der Waals surface area contributed by atoms with Gasteiger partial charge in [-0.25, -0.2) is 9.87 Å². The van der Waals surface area contributed by atoms with Crippen molar-refractivity contribution in [3.63, 3.8) is 0 Å². The molecule has 4 rings (SSSR count). The zero-order valence-corrected chi connectivity index (χ0v) is 19.8. The van der Waals surface area contributed by atoms with E-state index in [1.165, 1.54) is 30.5 Å². The Kier molecular flexibility index (Phi) is 8.34. The summed E-state index contributed by atoms with van der Waals surface area (Å²) in [5.41, 5.74) is 5.82. The Labute approximate surface area is 212 Å². The second-order valence-corrected chi connectivity index (χ2v) is 8.62. The Morgan fingerprint density at radius 3 is 2.27 bits per heavy atom. The number of hydrogen-bond acceptors (Lipinski definition) is 6. The third-order valence-electron chi connectivity index (χ3n) is 6.06. The van der Waals surface area contributed by atoms with Crippen molar-refractivity contribution in [1.82, 2.24) is 26.2 Å². The summed E-state index contributed by atoms with van der Waals surface area (Å²) in [6.45, 7) is -0.0704. The van der Waals surface area contributed by atoms with E-state index in [1.54, 1.807) is 5.48 Å². The van der Waals surface area contributed by atoms with Crippen molar-refractivity contribution in [2.75, 3.05) is 0 Å². The smallest absolute Gasteiger partial charge is 0.251 e. The fourth-order valence-electron chi connectivity index (χ4n) is 4.24. The van der Waals surface area contributed by atoms with Gasteiger partial charge in [-0.15, -0.1) is 0 Å². The fraction of sp³-hybridized carbons (Fsp3) is 0.185. The van der Waals surface area contributed by atoms with Crippen LogP contribution in [0.2, 0.25) is 0 Å². The van der Waals surface area contributed by atoms with Gasteiger partial charge in [0.05, 0.1) is 18.8 Å². The SMILES string of the molecule is O=C(CC(Cc1cccc(-c2cccc(CO)c2)c1)C(NC(=O)c1ccc(F)cc1)c1cn[nH]n1)NO. The first kappa shape index (κ1) is 25.7. The van der Waals surface area contributed by atoms with Crippen molar-refractivity contribution < 1.29 is 24.3 Å². The van der Waals surface area contributed by atoms with Crippen molar-refractivity contribution in [2.45, 2.75) is 25.5 Å². The van der Waals surface area contributed by atoms with Gasteiger partial charge in [-0.1, -0.05) is 42.5 Å². The first-order chi connectivity index (χ1) is 18.0. The van der Waals surface area contributed by atoms with E-state index in [1.807, 2.05) is 48.5 Å². The number of benzene rings is 3. The molecule has 4 aromatic rings. The number of H-pyrrole nitrogens is 1. The molecule has 2 amide bonds. The van der Waals surface area contributed by atoms with E-state index in [4.69, 9.17) is 0 Å². The standard InChI is InChI=1S/C27H26FN5O4/c28-23-9-7-19(8-10-23)27(36)30-26(24-15-29-33-31-24)22(14-25(35)32-37)12-17-3-1-5-20(11-17)21-6-2-4-18(13-21)16-34/h1-11,13,15,22,26,34,37H,12,14,16H2,(H,30,36)(H,32,35)(H,29,31,33). The molecule has 0 aliphatic rings. The molecule has 0 bridgehead atoms. The van der Waals surface area contributed by atoms with Crippen LogP contribution in [0.1, 0.15) is 39.6 Å². The van der Waals surface area contributed by atoms with Gasteiger partial charge in [0.2, 0.25) is 5.91 Å². The minimum Gasteiger partial charge on any atom is -0.392 e. The van der Waals surface area contributed by atoms with Gasteiger partial charge in [-0.3, -0.25) is 14.8 Å². The zero-order chi connectivity index (χ0) is 26.2. The zero-order valence-electron chi connectivity index (χ0n) is 19.8. The number of nitrogens with zero attached hydrogens (tertiary/aromatic N) is 2. The number of rotatable bonds is 10. The van der Waals surface area contributed by atoms with Gasteiger partial charge in [0, 0.05) is 12.0 Å². The normalized spacial score (nSPS) is 12.5. The van der Waals surface area contributed by atoms with Gasteiger partial charge < -0.3 is 10.4 Å². The Hall–Kier alpha value is -4.41. The molecule has 2 unspecified atom stereocenters. The molecule has 0 saturated carbocycles. The minimum absolute atomic E-state index is 0.0704. The molecule has 10 heteroatoms. The number of amides is 2. The van der Waals surface area contributed by atoms with Gasteiger partial charge in [0.1, 0.15) is 11.5 Å². The summed E-state index contributed by atoms with van der Waals surface area (Å²) in [5, 5.41) is 32.1. The number of hydroxylamine groups is 1. The van der Waals surface area contributed by atoms with Gasteiger partial charge in [0.25, 0.3) is 5.91 Å². The Morgan fingerprint density at radius 2 is 1.65 bits per heavy atom. The Bertz CT molecular complexity index is 1350. The highest BCUT2D eigenvalue weighted by molar-refractivity contribution is 5.94. The van der Waals surface area contributed by atoms with Crippen molar-refractivity contribution in [2.24, 2.45) is 5.92 Å². The van der Waals surface area contributed by atoms with Gasteiger partial charge in [-0.2, -0.15) is 15.4 Å². The molecule has 0 fully saturated rings. The van der Waals surface area contributed by atoms with E-state index in [9.17, 15) is 24.3 Å². The van der Waals surface area contributed by atoms with Crippen molar-refractivity contribution in [1.29, 1.82) is 0 Å². The second kappa shape index (κ2) is 12.0. The van der Waals surface area contributed by atoms with Crippen LogP contribution in [0.4, 0.5) is 4.39 Å². The minimum atomic E-state index is -0.755. The third kappa shape index (κ3) is 6.63. The average Bonchev–Trinajstić information content (AvgIpc) is 3.46.